The third kappa shape index (κ3) is 5.80. The number of sulfonamides is 1. The fourth-order valence-corrected chi connectivity index (χ4v) is 5.12. The predicted octanol–water partition coefficient (Wildman–Crippen LogP) is 3.73. The van der Waals surface area contributed by atoms with Crippen molar-refractivity contribution in [2.75, 3.05) is 24.5 Å². The number of para-hydroxylation sites is 1. The van der Waals surface area contributed by atoms with Crippen molar-refractivity contribution in [1.29, 1.82) is 0 Å². The summed E-state index contributed by atoms with van der Waals surface area (Å²) in [4.78, 5) is 15.3. The molecule has 1 saturated heterocycles. The number of anilines is 1. The molecule has 4 rings (SSSR count). The second-order valence-corrected chi connectivity index (χ2v) is 10.2. The Bertz CT molecular complexity index is 1200. The van der Waals surface area contributed by atoms with Gasteiger partial charge in [-0.1, -0.05) is 54.6 Å². The molecule has 1 aliphatic rings. The summed E-state index contributed by atoms with van der Waals surface area (Å²) in [5.74, 6) is 0.111. The van der Waals surface area contributed by atoms with Crippen molar-refractivity contribution in [2.24, 2.45) is 5.92 Å². The van der Waals surface area contributed by atoms with Gasteiger partial charge < -0.3 is 10.2 Å². The lowest BCUT2D eigenvalue weighted by molar-refractivity contribution is 0.0947. The van der Waals surface area contributed by atoms with E-state index in [1.807, 2.05) is 55.5 Å². The minimum atomic E-state index is -3.74. The average molecular weight is 464 g/mol. The zero-order valence-electron chi connectivity index (χ0n) is 18.7. The molecule has 2 N–H and O–H groups in total. The molecular weight excluding hydrogens is 434 g/mol. The first kappa shape index (κ1) is 23.0. The summed E-state index contributed by atoms with van der Waals surface area (Å²) in [6.07, 6.45) is 1.01. The largest absolute Gasteiger partial charge is 0.371 e. The smallest absolute Gasteiger partial charge is 0.251 e. The van der Waals surface area contributed by atoms with Crippen LogP contribution in [0.5, 0.6) is 0 Å². The number of carbonyl (C=O) groups excluding carboxylic acids is 1. The molecule has 1 aliphatic heterocycles. The molecule has 7 heteroatoms. The lowest BCUT2D eigenvalue weighted by Gasteiger charge is -2.19. The molecule has 1 amide bonds. The molecule has 1 atom stereocenters. The zero-order valence-corrected chi connectivity index (χ0v) is 19.5. The maximum absolute atomic E-state index is 12.9. The van der Waals surface area contributed by atoms with Gasteiger partial charge in [0.25, 0.3) is 5.91 Å². The zero-order chi connectivity index (χ0) is 23.3. The van der Waals surface area contributed by atoms with Gasteiger partial charge in [-0.05, 0) is 54.7 Å². The van der Waals surface area contributed by atoms with Crippen LogP contribution in [0.2, 0.25) is 0 Å². The molecule has 6 nitrogen and oxygen atoms in total. The summed E-state index contributed by atoms with van der Waals surface area (Å²) in [5.41, 5.74) is 3.19. The van der Waals surface area contributed by atoms with Crippen LogP contribution in [0.4, 0.5) is 5.69 Å². The predicted molar refractivity (Wildman–Crippen MR) is 131 cm³/mol. The van der Waals surface area contributed by atoms with Gasteiger partial charge in [0.2, 0.25) is 10.0 Å². The van der Waals surface area contributed by atoms with Crippen LogP contribution in [0.15, 0.2) is 83.8 Å². The molecule has 0 radical (unpaired) electrons. The molecule has 1 unspecified atom stereocenters. The first-order valence-corrected chi connectivity index (χ1v) is 12.6. The fraction of sp³-hybridized carbons (Fsp3) is 0.269. The van der Waals surface area contributed by atoms with E-state index in [1.54, 1.807) is 6.07 Å². The molecule has 0 bridgehead atoms. The SMILES string of the molecule is Cc1ccc(S(=O)(=O)NCc2ccccc2)cc1C(=O)NCC1CCN(c2ccccc2)C1. The van der Waals surface area contributed by atoms with Gasteiger partial charge in [0, 0.05) is 37.4 Å². The van der Waals surface area contributed by atoms with Crippen LogP contribution in [0.1, 0.15) is 27.9 Å². The van der Waals surface area contributed by atoms with E-state index < -0.39 is 10.0 Å². The number of amides is 1. The maximum atomic E-state index is 12.9. The average Bonchev–Trinajstić information content (AvgIpc) is 3.32. The number of rotatable bonds is 8. The van der Waals surface area contributed by atoms with Crippen molar-refractivity contribution >= 4 is 21.6 Å². The van der Waals surface area contributed by atoms with Crippen LogP contribution in [0.3, 0.4) is 0 Å². The Hall–Kier alpha value is -3.16. The van der Waals surface area contributed by atoms with Crippen LogP contribution in [0.25, 0.3) is 0 Å². The number of carbonyl (C=O) groups is 1. The van der Waals surface area contributed by atoms with Crippen LogP contribution in [0, 0.1) is 12.8 Å². The molecule has 1 heterocycles. The summed E-state index contributed by atoms with van der Waals surface area (Å²) in [6, 6.07) is 24.3. The number of hydrogen-bond donors (Lipinski definition) is 2. The Kier molecular flexibility index (Phi) is 7.11. The third-order valence-corrected chi connectivity index (χ3v) is 7.43. The van der Waals surface area contributed by atoms with Crippen molar-refractivity contribution in [1.82, 2.24) is 10.0 Å². The Morgan fingerprint density at radius 2 is 1.70 bits per heavy atom. The van der Waals surface area contributed by atoms with Crippen LogP contribution >= 0.6 is 0 Å². The molecule has 0 aliphatic carbocycles. The van der Waals surface area contributed by atoms with Crippen LogP contribution in [-0.4, -0.2) is 34.0 Å². The van der Waals surface area contributed by atoms with Crippen molar-refractivity contribution in [2.45, 2.75) is 24.8 Å². The van der Waals surface area contributed by atoms with Gasteiger partial charge >= 0.3 is 0 Å². The molecule has 3 aromatic rings. The van der Waals surface area contributed by atoms with E-state index in [1.165, 1.54) is 17.8 Å². The highest BCUT2D eigenvalue weighted by Gasteiger charge is 2.24. The quantitative estimate of drug-likeness (QED) is 0.534. The third-order valence-electron chi connectivity index (χ3n) is 6.03. The van der Waals surface area contributed by atoms with Gasteiger partial charge in [0.05, 0.1) is 4.90 Å². The molecule has 172 valence electrons. The second-order valence-electron chi connectivity index (χ2n) is 8.43. The Labute approximate surface area is 195 Å². The van der Waals surface area contributed by atoms with Crippen molar-refractivity contribution < 1.29 is 13.2 Å². The van der Waals surface area contributed by atoms with E-state index in [-0.39, 0.29) is 17.3 Å². The van der Waals surface area contributed by atoms with Crippen LogP contribution in [-0.2, 0) is 16.6 Å². The number of benzene rings is 3. The Balaban J connectivity index is 1.37. The second kappa shape index (κ2) is 10.2. The molecule has 0 saturated carbocycles. The van der Waals surface area contributed by atoms with Crippen molar-refractivity contribution in [3.63, 3.8) is 0 Å². The number of hydrogen-bond acceptors (Lipinski definition) is 4. The minimum Gasteiger partial charge on any atom is -0.371 e. The standard InChI is InChI=1S/C26H29N3O3S/c1-20-12-13-24(33(31,32)28-18-21-8-4-2-5-9-21)16-25(20)26(30)27-17-22-14-15-29(19-22)23-10-6-3-7-11-23/h2-13,16,22,28H,14-15,17-19H2,1H3,(H,27,30). The molecule has 33 heavy (non-hydrogen) atoms. The summed E-state index contributed by atoms with van der Waals surface area (Å²) >= 11 is 0. The monoisotopic (exact) mass is 463 g/mol. The summed E-state index contributed by atoms with van der Waals surface area (Å²) in [5, 5.41) is 3.01. The molecular formula is C26H29N3O3S. The van der Waals surface area contributed by atoms with Gasteiger partial charge in [-0.3, -0.25) is 4.79 Å². The Morgan fingerprint density at radius 3 is 2.42 bits per heavy atom. The van der Waals surface area contributed by atoms with Gasteiger partial charge in [0.15, 0.2) is 0 Å². The highest BCUT2D eigenvalue weighted by atomic mass is 32.2. The van der Waals surface area contributed by atoms with Crippen LogP contribution < -0.4 is 14.9 Å². The highest BCUT2D eigenvalue weighted by Crippen LogP contribution is 2.23. The van der Waals surface area contributed by atoms with Gasteiger partial charge in [-0.15, -0.1) is 0 Å². The lowest BCUT2D eigenvalue weighted by Crippen LogP contribution is -2.31. The number of nitrogens with zero attached hydrogens (tertiary/aromatic N) is 1. The summed E-state index contributed by atoms with van der Waals surface area (Å²) in [7, 11) is -3.74. The van der Waals surface area contributed by atoms with Gasteiger partial charge in [-0.25, -0.2) is 13.1 Å². The maximum Gasteiger partial charge on any atom is 0.251 e. The minimum absolute atomic E-state index is 0.0882. The molecule has 0 spiro atoms. The van der Waals surface area contributed by atoms with E-state index in [2.05, 4.69) is 27.1 Å². The molecule has 0 aromatic heterocycles. The fourth-order valence-electron chi connectivity index (χ4n) is 4.08. The lowest BCUT2D eigenvalue weighted by atomic mass is 10.1. The van der Waals surface area contributed by atoms with E-state index >= 15 is 0 Å². The van der Waals surface area contributed by atoms with Gasteiger partial charge in [0.1, 0.15) is 0 Å². The molecule has 1 fully saturated rings. The first-order chi connectivity index (χ1) is 15.9. The van der Waals surface area contributed by atoms with E-state index in [9.17, 15) is 13.2 Å². The summed E-state index contributed by atoms with van der Waals surface area (Å²) < 4.78 is 28.2. The summed E-state index contributed by atoms with van der Waals surface area (Å²) in [6.45, 7) is 4.42. The number of nitrogens with one attached hydrogen (secondary N) is 2. The van der Waals surface area contributed by atoms with E-state index in [0.717, 1.165) is 30.6 Å². The normalized spacial score (nSPS) is 16.0. The van der Waals surface area contributed by atoms with Crippen molar-refractivity contribution in [3.05, 3.63) is 95.6 Å². The first-order valence-electron chi connectivity index (χ1n) is 11.1. The van der Waals surface area contributed by atoms with E-state index in [4.69, 9.17) is 0 Å². The highest BCUT2D eigenvalue weighted by molar-refractivity contribution is 7.89. The van der Waals surface area contributed by atoms with E-state index in [0.29, 0.717) is 18.0 Å². The molecule has 3 aromatic carbocycles. The van der Waals surface area contributed by atoms with Crippen molar-refractivity contribution in [3.8, 4) is 0 Å². The Morgan fingerprint density at radius 1 is 1.00 bits per heavy atom. The topological polar surface area (TPSA) is 78.5 Å². The number of aryl methyl sites for hydroxylation is 1. The van der Waals surface area contributed by atoms with Gasteiger partial charge in [-0.2, -0.15) is 0 Å².